The molecule has 0 aliphatic rings. The molecule has 0 heterocycles. The number of nitrogens with two attached hydrogens (primary N) is 1. The number of halogens is 1. The Morgan fingerprint density at radius 3 is 2.87 bits per heavy atom. The van der Waals surface area contributed by atoms with Crippen molar-refractivity contribution < 1.29 is 4.39 Å². The largest absolute Gasteiger partial charge is 0.399 e. The van der Waals surface area contributed by atoms with Gasteiger partial charge in [0, 0.05) is 30.9 Å². The first-order valence-corrected chi connectivity index (χ1v) is 5.00. The third kappa shape index (κ3) is 3.85. The number of rotatable bonds is 5. The normalized spacial score (nSPS) is 10.9. The lowest BCUT2D eigenvalue weighted by molar-refractivity contribution is 0.323. The predicted molar refractivity (Wildman–Crippen MR) is 61.1 cm³/mol. The van der Waals surface area contributed by atoms with Gasteiger partial charge in [-0.15, -0.1) is 0 Å². The first kappa shape index (κ1) is 11.9. The summed E-state index contributed by atoms with van der Waals surface area (Å²) in [5, 5.41) is 3.05. The molecule has 0 amide bonds. The minimum Gasteiger partial charge on any atom is -0.399 e. The summed E-state index contributed by atoms with van der Waals surface area (Å²) < 4.78 is 13.4. The van der Waals surface area contributed by atoms with Crippen molar-refractivity contribution in [3.05, 3.63) is 29.6 Å². The summed E-state index contributed by atoms with van der Waals surface area (Å²) in [6, 6.07) is 4.67. The number of hydrogen-bond donors (Lipinski definition) is 2. The fourth-order valence-electron chi connectivity index (χ4n) is 1.39. The summed E-state index contributed by atoms with van der Waals surface area (Å²) >= 11 is 0. The molecule has 0 fully saturated rings. The monoisotopic (exact) mass is 211 g/mol. The van der Waals surface area contributed by atoms with Gasteiger partial charge >= 0.3 is 0 Å². The van der Waals surface area contributed by atoms with E-state index in [-0.39, 0.29) is 5.82 Å². The predicted octanol–water partition coefficient (Wildman–Crippen LogP) is 1.06. The number of nitrogens with zero attached hydrogens (tertiary/aromatic N) is 1. The molecule has 1 rings (SSSR count). The number of nitrogens with one attached hydrogen (secondary N) is 1. The summed E-state index contributed by atoms with van der Waals surface area (Å²) in [4.78, 5) is 2.05. The lowest BCUT2D eigenvalue weighted by Crippen LogP contribution is -2.27. The number of likely N-dealkylation sites (N-methyl/N-ethyl adjacent to an activating group) is 2. The van der Waals surface area contributed by atoms with Crippen LogP contribution in [0.15, 0.2) is 18.2 Å². The fraction of sp³-hybridized carbons (Fsp3) is 0.455. The Morgan fingerprint density at radius 2 is 2.20 bits per heavy atom. The molecule has 0 bridgehead atoms. The van der Waals surface area contributed by atoms with Crippen LogP contribution in [0.5, 0.6) is 0 Å². The van der Waals surface area contributed by atoms with Gasteiger partial charge in [0.25, 0.3) is 0 Å². The van der Waals surface area contributed by atoms with Crippen molar-refractivity contribution in [3.8, 4) is 0 Å². The van der Waals surface area contributed by atoms with Gasteiger partial charge < -0.3 is 16.0 Å². The lowest BCUT2D eigenvalue weighted by atomic mass is 10.2. The Labute approximate surface area is 90.1 Å². The van der Waals surface area contributed by atoms with Gasteiger partial charge in [-0.1, -0.05) is 0 Å². The number of hydrogen-bond acceptors (Lipinski definition) is 3. The van der Waals surface area contributed by atoms with Gasteiger partial charge in [0.05, 0.1) is 0 Å². The van der Waals surface area contributed by atoms with Crippen LogP contribution in [0.3, 0.4) is 0 Å². The second-order valence-corrected chi connectivity index (χ2v) is 3.69. The van der Waals surface area contributed by atoms with Gasteiger partial charge in [-0.2, -0.15) is 0 Å². The smallest absolute Gasteiger partial charge is 0.127 e. The molecule has 84 valence electrons. The zero-order valence-electron chi connectivity index (χ0n) is 9.26. The Morgan fingerprint density at radius 1 is 1.47 bits per heavy atom. The minimum atomic E-state index is -0.194. The van der Waals surface area contributed by atoms with Gasteiger partial charge in [0.2, 0.25) is 0 Å². The zero-order valence-corrected chi connectivity index (χ0v) is 9.26. The van der Waals surface area contributed by atoms with Crippen LogP contribution in [0.4, 0.5) is 10.1 Å². The van der Waals surface area contributed by atoms with Gasteiger partial charge in [-0.3, -0.25) is 0 Å². The van der Waals surface area contributed by atoms with Gasteiger partial charge in [0.15, 0.2) is 0 Å². The Balaban J connectivity index is 2.59. The Bertz CT molecular complexity index is 315. The van der Waals surface area contributed by atoms with Crippen molar-refractivity contribution in [3.63, 3.8) is 0 Å². The molecule has 0 radical (unpaired) electrons. The molecule has 0 spiro atoms. The SMILES string of the molecule is CNCCN(C)Cc1cc(N)ccc1F. The van der Waals surface area contributed by atoms with Crippen molar-refractivity contribution in [2.24, 2.45) is 0 Å². The Hall–Kier alpha value is -1.13. The Kier molecular flexibility index (Phi) is 4.52. The van der Waals surface area contributed by atoms with E-state index in [9.17, 15) is 4.39 Å². The van der Waals surface area contributed by atoms with E-state index in [2.05, 4.69) is 5.32 Å². The number of benzene rings is 1. The second kappa shape index (κ2) is 5.68. The van der Waals surface area contributed by atoms with Crippen molar-refractivity contribution in [2.45, 2.75) is 6.54 Å². The van der Waals surface area contributed by atoms with Crippen molar-refractivity contribution in [2.75, 3.05) is 32.9 Å². The average molecular weight is 211 g/mol. The summed E-state index contributed by atoms with van der Waals surface area (Å²) in [6.07, 6.45) is 0. The number of nitrogen functional groups attached to an aromatic ring is 1. The van der Waals surface area contributed by atoms with Crippen molar-refractivity contribution in [1.29, 1.82) is 0 Å². The standard InChI is InChI=1S/C11H18FN3/c1-14-5-6-15(2)8-9-7-10(13)3-4-11(9)12/h3-4,7,14H,5-6,8,13H2,1-2H3. The molecule has 3 N–H and O–H groups in total. The van der Waals surface area contributed by atoms with Crippen molar-refractivity contribution >= 4 is 5.69 Å². The summed E-state index contributed by atoms with van der Waals surface area (Å²) in [5.41, 5.74) is 6.86. The average Bonchev–Trinajstić information content (AvgIpc) is 2.20. The van der Waals surface area contributed by atoms with Gasteiger partial charge in [-0.25, -0.2) is 4.39 Å². The topological polar surface area (TPSA) is 41.3 Å². The van der Waals surface area contributed by atoms with Crippen LogP contribution < -0.4 is 11.1 Å². The molecule has 3 nitrogen and oxygen atoms in total. The maximum Gasteiger partial charge on any atom is 0.127 e. The van der Waals surface area contributed by atoms with E-state index < -0.39 is 0 Å². The highest BCUT2D eigenvalue weighted by Crippen LogP contribution is 2.13. The molecular formula is C11H18FN3. The highest BCUT2D eigenvalue weighted by molar-refractivity contribution is 5.41. The quantitative estimate of drug-likeness (QED) is 0.716. The van der Waals surface area contributed by atoms with Crippen LogP contribution in [0.25, 0.3) is 0 Å². The molecule has 0 aliphatic heterocycles. The van der Waals surface area contributed by atoms with Gasteiger partial charge in [-0.05, 0) is 32.3 Å². The van der Waals surface area contributed by atoms with E-state index in [1.807, 2.05) is 19.0 Å². The summed E-state index contributed by atoms with van der Waals surface area (Å²) in [7, 11) is 3.86. The molecule has 1 aromatic carbocycles. The van der Waals surface area contributed by atoms with Crippen LogP contribution in [0, 0.1) is 5.82 Å². The van der Waals surface area contributed by atoms with Crippen molar-refractivity contribution in [1.82, 2.24) is 10.2 Å². The van der Waals surface area contributed by atoms with E-state index >= 15 is 0 Å². The highest BCUT2D eigenvalue weighted by atomic mass is 19.1. The van der Waals surface area contributed by atoms with Crippen LogP contribution in [0.2, 0.25) is 0 Å². The molecule has 4 heteroatoms. The van der Waals surface area contributed by atoms with E-state index in [4.69, 9.17) is 5.73 Å². The highest BCUT2D eigenvalue weighted by Gasteiger charge is 2.05. The third-order valence-electron chi connectivity index (χ3n) is 2.25. The molecule has 0 saturated carbocycles. The molecule has 1 aromatic rings. The first-order valence-electron chi connectivity index (χ1n) is 5.00. The first-order chi connectivity index (χ1) is 7.13. The lowest BCUT2D eigenvalue weighted by Gasteiger charge is -2.16. The maximum absolute atomic E-state index is 13.4. The van der Waals surface area contributed by atoms with E-state index in [1.54, 1.807) is 12.1 Å². The van der Waals surface area contributed by atoms with E-state index in [0.717, 1.165) is 13.1 Å². The summed E-state index contributed by atoms with van der Waals surface area (Å²) in [5.74, 6) is -0.194. The zero-order chi connectivity index (χ0) is 11.3. The van der Waals surface area contributed by atoms with Crippen LogP contribution >= 0.6 is 0 Å². The van der Waals surface area contributed by atoms with Crippen LogP contribution in [-0.4, -0.2) is 32.1 Å². The number of anilines is 1. The molecule has 0 unspecified atom stereocenters. The summed E-state index contributed by atoms with van der Waals surface area (Å²) in [6.45, 7) is 2.35. The maximum atomic E-state index is 13.4. The van der Waals surface area contributed by atoms with E-state index in [1.165, 1.54) is 6.07 Å². The third-order valence-corrected chi connectivity index (χ3v) is 2.25. The molecule has 0 aromatic heterocycles. The molecule has 0 saturated heterocycles. The minimum absolute atomic E-state index is 0.194. The van der Waals surface area contributed by atoms with Crippen LogP contribution in [0.1, 0.15) is 5.56 Å². The molecule has 15 heavy (non-hydrogen) atoms. The molecular weight excluding hydrogens is 193 g/mol. The molecule has 0 atom stereocenters. The van der Waals surface area contributed by atoms with Crippen LogP contribution in [-0.2, 0) is 6.54 Å². The van der Waals surface area contributed by atoms with Gasteiger partial charge in [0.1, 0.15) is 5.82 Å². The molecule has 0 aliphatic carbocycles. The second-order valence-electron chi connectivity index (χ2n) is 3.69. The van der Waals surface area contributed by atoms with E-state index in [0.29, 0.717) is 17.8 Å². The fourth-order valence-corrected chi connectivity index (χ4v) is 1.39.